The molecule has 88 valence electrons. The highest BCUT2D eigenvalue weighted by Crippen LogP contribution is 2.41. The van der Waals surface area contributed by atoms with E-state index in [0.29, 0.717) is 0 Å². The second-order valence-corrected chi connectivity index (χ2v) is 5.08. The van der Waals surface area contributed by atoms with Crippen molar-refractivity contribution in [1.82, 2.24) is 10.2 Å². The van der Waals surface area contributed by atoms with Gasteiger partial charge >= 0.3 is 0 Å². The molecule has 1 aromatic heterocycles. The van der Waals surface area contributed by atoms with Crippen LogP contribution in [0.5, 0.6) is 0 Å². The van der Waals surface area contributed by atoms with Crippen molar-refractivity contribution >= 4 is 0 Å². The van der Waals surface area contributed by atoms with Gasteiger partial charge in [0.15, 0.2) is 0 Å². The predicted octanol–water partition coefficient (Wildman–Crippen LogP) is 2.59. The summed E-state index contributed by atoms with van der Waals surface area (Å²) in [6.45, 7) is 4.31. The van der Waals surface area contributed by atoms with Crippen molar-refractivity contribution in [2.75, 3.05) is 0 Å². The van der Waals surface area contributed by atoms with Crippen molar-refractivity contribution in [3.05, 3.63) is 45.7 Å². The van der Waals surface area contributed by atoms with Crippen LogP contribution in [0.3, 0.4) is 0 Å². The Morgan fingerprint density at radius 2 is 2.06 bits per heavy atom. The van der Waals surface area contributed by atoms with Crippen molar-refractivity contribution in [2.45, 2.75) is 32.1 Å². The number of hydrogen-bond donors (Lipinski definition) is 2. The van der Waals surface area contributed by atoms with Crippen LogP contribution >= 0.6 is 0 Å². The molecule has 1 atom stereocenters. The van der Waals surface area contributed by atoms with Gasteiger partial charge in [0.05, 0.1) is 11.3 Å². The molecule has 0 saturated carbocycles. The molecule has 1 aliphatic carbocycles. The molecule has 1 aromatic carbocycles. The molecule has 0 fully saturated rings. The van der Waals surface area contributed by atoms with Gasteiger partial charge < -0.3 is 0 Å². The van der Waals surface area contributed by atoms with Gasteiger partial charge in [-0.1, -0.05) is 38.1 Å². The van der Waals surface area contributed by atoms with Gasteiger partial charge in [-0.2, -0.15) is 0 Å². The fraction of sp³-hybridized carbons (Fsp3) is 0.357. The third-order valence-electron chi connectivity index (χ3n) is 4.03. The minimum Gasteiger partial charge on any atom is -0.297 e. The maximum Gasteiger partial charge on any atom is 0.268 e. The third kappa shape index (κ3) is 1.32. The number of fused-ring (bicyclic) bond motifs is 3. The van der Waals surface area contributed by atoms with Crippen LogP contribution in [-0.4, -0.2) is 10.2 Å². The normalized spacial score (nSPS) is 22.0. The lowest BCUT2D eigenvalue weighted by Crippen LogP contribution is -2.32. The van der Waals surface area contributed by atoms with E-state index in [1.54, 1.807) is 0 Å². The first kappa shape index (κ1) is 10.4. The first-order valence-electron chi connectivity index (χ1n) is 6.05. The Labute approximate surface area is 99.9 Å². The van der Waals surface area contributed by atoms with E-state index in [-0.39, 0.29) is 11.0 Å². The minimum atomic E-state index is -0.0583. The quantitative estimate of drug-likeness (QED) is 0.774. The van der Waals surface area contributed by atoms with Crippen LogP contribution in [0.2, 0.25) is 0 Å². The molecular formula is C14H16N2O. The summed E-state index contributed by atoms with van der Waals surface area (Å²) in [6.07, 6.45) is 1.91. The van der Waals surface area contributed by atoms with Crippen LogP contribution in [-0.2, 0) is 11.8 Å². The van der Waals surface area contributed by atoms with Gasteiger partial charge in [-0.15, -0.1) is 0 Å². The summed E-state index contributed by atoms with van der Waals surface area (Å²) in [4.78, 5) is 12.0. The molecule has 0 unspecified atom stereocenters. The fourth-order valence-electron chi connectivity index (χ4n) is 2.86. The molecule has 0 aliphatic heterocycles. The van der Waals surface area contributed by atoms with E-state index in [1.807, 2.05) is 6.07 Å². The molecule has 3 rings (SSSR count). The van der Waals surface area contributed by atoms with Gasteiger partial charge in [0, 0.05) is 11.0 Å². The Hall–Kier alpha value is -1.77. The van der Waals surface area contributed by atoms with Crippen LogP contribution in [0.15, 0.2) is 29.1 Å². The van der Waals surface area contributed by atoms with Crippen molar-refractivity contribution in [3.8, 4) is 11.3 Å². The van der Waals surface area contributed by atoms with Crippen molar-refractivity contribution in [2.24, 2.45) is 0 Å². The van der Waals surface area contributed by atoms with Crippen molar-refractivity contribution in [3.63, 3.8) is 0 Å². The molecule has 17 heavy (non-hydrogen) atoms. The average Bonchev–Trinajstić information content (AvgIpc) is 2.73. The molecule has 1 heterocycles. The van der Waals surface area contributed by atoms with Crippen LogP contribution in [0.4, 0.5) is 0 Å². The largest absolute Gasteiger partial charge is 0.297 e. The summed E-state index contributed by atoms with van der Waals surface area (Å²) in [7, 11) is 0. The van der Waals surface area contributed by atoms with E-state index in [1.165, 1.54) is 5.56 Å². The van der Waals surface area contributed by atoms with Gasteiger partial charge in [0.25, 0.3) is 5.56 Å². The molecule has 2 aromatic rings. The number of hydrogen-bond acceptors (Lipinski definition) is 1. The first-order valence-corrected chi connectivity index (χ1v) is 6.05. The summed E-state index contributed by atoms with van der Waals surface area (Å²) >= 11 is 0. The third-order valence-corrected chi connectivity index (χ3v) is 4.03. The zero-order chi connectivity index (χ0) is 12.0. The molecule has 0 saturated heterocycles. The summed E-state index contributed by atoms with van der Waals surface area (Å²) in [5.41, 5.74) is 4.34. The summed E-state index contributed by atoms with van der Waals surface area (Å²) < 4.78 is 0. The lowest BCUT2D eigenvalue weighted by Gasteiger charge is -2.33. The number of rotatable bonds is 1. The molecule has 1 aliphatic rings. The maximum atomic E-state index is 12.0. The Bertz CT molecular complexity index is 623. The van der Waals surface area contributed by atoms with Crippen LogP contribution in [0, 0.1) is 0 Å². The van der Waals surface area contributed by atoms with Gasteiger partial charge in [-0.05, 0) is 18.4 Å². The summed E-state index contributed by atoms with van der Waals surface area (Å²) in [5.74, 6) is 0. The molecule has 3 heteroatoms. The van der Waals surface area contributed by atoms with Gasteiger partial charge in [0.2, 0.25) is 0 Å². The molecule has 0 bridgehead atoms. The SMILES string of the molecule is CC[C@]1(C)Cc2ccccc2-c2[nH][nH]c(=O)c21. The Kier molecular flexibility index (Phi) is 2.05. The van der Waals surface area contributed by atoms with E-state index in [2.05, 4.69) is 42.2 Å². The number of aromatic amines is 2. The second kappa shape index (κ2) is 3.36. The minimum absolute atomic E-state index is 0.0267. The summed E-state index contributed by atoms with van der Waals surface area (Å²) in [6, 6.07) is 8.30. The van der Waals surface area contributed by atoms with Crippen molar-refractivity contribution < 1.29 is 0 Å². The van der Waals surface area contributed by atoms with E-state index in [0.717, 1.165) is 29.7 Å². The predicted molar refractivity (Wildman–Crippen MR) is 68.2 cm³/mol. The topological polar surface area (TPSA) is 48.6 Å². The zero-order valence-corrected chi connectivity index (χ0v) is 10.1. The smallest absolute Gasteiger partial charge is 0.268 e. The highest BCUT2D eigenvalue weighted by atomic mass is 16.1. The zero-order valence-electron chi connectivity index (χ0n) is 10.1. The number of H-pyrrole nitrogens is 2. The van der Waals surface area contributed by atoms with Gasteiger partial charge in [-0.3, -0.25) is 15.0 Å². The first-order chi connectivity index (χ1) is 8.15. The lowest BCUT2D eigenvalue weighted by atomic mass is 9.70. The highest BCUT2D eigenvalue weighted by molar-refractivity contribution is 5.71. The second-order valence-electron chi connectivity index (χ2n) is 5.08. The van der Waals surface area contributed by atoms with Crippen molar-refractivity contribution in [1.29, 1.82) is 0 Å². The highest BCUT2D eigenvalue weighted by Gasteiger charge is 2.36. The standard InChI is InChI=1S/C14H16N2O/c1-3-14(2)8-9-6-4-5-7-10(9)12-11(14)13(17)16-15-12/h4-7H,3,8H2,1-2H3,(H2,15,16,17)/t14-/m1/s1. The molecule has 0 amide bonds. The lowest BCUT2D eigenvalue weighted by molar-refractivity contribution is 0.445. The maximum absolute atomic E-state index is 12.0. The molecule has 0 spiro atoms. The Morgan fingerprint density at radius 3 is 2.82 bits per heavy atom. The number of benzene rings is 1. The van der Waals surface area contributed by atoms with Crippen LogP contribution < -0.4 is 5.56 Å². The Balaban J connectivity index is 2.35. The van der Waals surface area contributed by atoms with E-state index >= 15 is 0 Å². The van der Waals surface area contributed by atoms with Crippen LogP contribution in [0.1, 0.15) is 31.4 Å². The average molecular weight is 228 g/mol. The van der Waals surface area contributed by atoms with E-state index < -0.39 is 0 Å². The number of aromatic nitrogens is 2. The van der Waals surface area contributed by atoms with Crippen LogP contribution in [0.25, 0.3) is 11.3 Å². The molecule has 0 radical (unpaired) electrons. The molecule has 3 nitrogen and oxygen atoms in total. The fourth-order valence-corrected chi connectivity index (χ4v) is 2.86. The monoisotopic (exact) mass is 228 g/mol. The Morgan fingerprint density at radius 1 is 1.29 bits per heavy atom. The van der Waals surface area contributed by atoms with E-state index in [4.69, 9.17) is 0 Å². The molecular weight excluding hydrogens is 212 g/mol. The van der Waals surface area contributed by atoms with Gasteiger partial charge in [-0.25, -0.2) is 0 Å². The summed E-state index contributed by atoms with van der Waals surface area (Å²) in [5, 5.41) is 5.76. The molecule has 2 N–H and O–H groups in total. The van der Waals surface area contributed by atoms with Gasteiger partial charge in [0.1, 0.15) is 0 Å². The number of nitrogens with one attached hydrogen (secondary N) is 2. The van der Waals surface area contributed by atoms with E-state index in [9.17, 15) is 4.79 Å².